The molecule has 1 atom stereocenters. The van der Waals surface area contributed by atoms with Gasteiger partial charge in [-0.1, -0.05) is 12.0 Å². The third kappa shape index (κ3) is 2.66. The van der Waals surface area contributed by atoms with E-state index in [9.17, 15) is 0 Å². The first kappa shape index (κ1) is 16.5. The first-order chi connectivity index (χ1) is 14.3. The Morgan fingerprint density at radius 3 is 2.97 bits per heavy atom. The van der Waals surface area contributed by atoms with Crippen LogP contribution in [0.4, 0.5) is 0 Å². The van der Waals surface area contributed by atoms with Gasteiger partial charge in [0.05, 0.1) is 11.3 Å². The Balaban J connectivity index is 1.39. The predicted octanol–water partition coefficient (Wildman–Crippen LogP) is 2.86. The lowest BCUT2D eigenvalue weighted by atomic mass is 9.82. The summed E-state index contributed by atoms with van der Waals surface area (Å²) >= 11 is 0. The standard InChI is InChI=1S/C23H20N6/c1-2-8-25-18(3-1)5-4-16-13-26-22-19(16)11-17(14-27-22)20-12-21-23(6-9-24-15-23)7-10-29(21)28-20/h1-3,8,11-14,24H,6-7,9-10,15H2,(H,26,27). The van der Waals surface area contributed by atoms with Gasteiger partial charge in [0.1, 0.15) is 11.3 Å². The molecule has 0 amide bonds. The van der Waals surface area contributed by atoms with Crippen LogP contribution in [0, 0.1) is 11.8 Å². The Morgan fingerprint density at radius 2 is 2.10 bits per heavy atom. The van der Waals surface area contributed by atoms with E-state index in [-0.39, 0.29) is 5.41 Å². The molecule has 0 radical (unpaired) electrons. The quantitative estimate of drug-likeness (QED) is 0.498. The normalized spacial score (nSPS) is 20.1. The Hall–Kier alpha value is -3.43. The van der Waals surface area contributed by atoms with E-state index in [1.165, 1.54) is 18.5 Å². The summed E-state index contributed by atoms with van der Waals surface area (Å²) in [5, 5.41) is 9.42. The molecule has 6 heterocycles. The maximum Gasteiger partial charge on any atom is 0.138 e. The molecule has 1 spiro atoms. The molecule has 6 heteroatoms. The van der Waals surface area contributed by atoms with Crippen molar-refractivity contribution in [1.82, 2.24) is 30.0 Å². The molecule has 2 aliphatic rings. The van der Waals surface area contributed by atoms with E-state index in [1.54, 1.807) is 6.20 Å². The summed E-state index contributed by atoms with van der Waals surface area (Å²) in [4.78, 5) is 12.1. The van der Waals surface area contributed by atoms with Crippen molar-refractivity contribution < 1.29 is 0 Å². The average Bonchev–Trinajstić information content (AvgIpc) is 3.53. The molecule has 2 N–H and O–H groups in total. The van der Waals surface area contributed by atoms with Gasteiger partial charge in [-0.15, -0.1) is 0 Å². The molecule has 0 aromatic carbocycles. The van der Waals surface area contributed by atoms with Gasteiger partial charge in [-0.3, -0.25) is 4.68 Å². The molecule has 0 saturated carbocycles. The molecule has 1 unspecified atom stereocenters. The topological polar surface area (TPSA) is 71.4 Å². The molecule has 0 bridgehead atoms. The van der Waals surface area contributed by atoms with E-state index in [4.69, 9.17) is 5.10 Å². The fourth-order valence-electron chi connectivity index (χ4n) is 4.59. The van der Waals surface area contributed by atoms with Gasteiger partial charge in [-0.05, 0) is 49.6 Å². The summed E-state index contributed by atoms with van der Waals surface area (Å²) in [6.45, 7) is 3.15. The molecule has 1 saturated heterocycles. The Morgan fingerprint density at radius 1 is 1.10 bits per heavy atom. The Labute approximate surface area is 168 Å². The van der Waals surface area contributed by atoms with E-state index in [2.05, 4.69) is 48.9 Å². The maximum atomic E-state index is 4.89. The number of fused-ring (bicyclic) bond motifs is 3. The van der Waals surface area contributed by atoms with Crippen LogP contribution in [0.15, 0.2) is 48.9 Å². The van der Waals surface area contributed by atoms with E-state index >= 15 is 0 Å². The van der Waals surface area contributed by atoms with Crippen LogP contribution in [0.2, 0.25) is 0 Å². The highest BCUT2D eigenvalue weighted by molar-refractivity contribution is 5.86. The van der Waals surface area contributed by atoms with Crippen LogP contribution < -0.4 is 5.32 Å². The van der Waals surface area contributed by atoms with Crippen molar-refractivity contribution in [3.8, 4) is 23.1 Å². The van der Waals surface area contributed by atoms with Crippen molar-refractivity contribution in [1.29, 1.82) is 0 Å². The smallest absolute Gasteiger partial charge is 0.138 e. The predicted molar refractivity (Wildman–Crippen MR) is 111 cm³/mol. The second kappa shape index (κ2) is 6.29. The summed E-state index contributed by atoms with van der Waals surface area (Å²) in [5.41, 5.74) is 6.15. The van der Waals surface area contributed by atoms with Crippen LogP contribution in [0.3, 0.4) is 0 Å². The minimum absolute atomic E-state index is 0.260. The van der Waals surface area contributed by atoms with Crippen LogP contribution >= 0.6 is 0 Å². The molecule has 6 nitrogen and oxygen atoms in total. The third-order valence-corrected chi connectivity index (χ3v) is 6.19. The van der Waals surface area contributed by atoms with Crippen molar-refractivity contribution in [3.63, 3.8) is 0 Å². The first-order valence-corrected chi connectivity index (χ1v) is 10.0. The minimum atomic E-state index is 0.260. The van der Waals surface area contributed by atoms with Crippen LogP contribution in [0.5, 0.6) is 0 Å². The monoisotopic (exact) mass is 380 g/mol. The lowest BCUT2D eigenvalue weighted by molar-refractivity contribution is 0.467. The molecule has 6 rings (SSSR count). The number of pyridine rings is 2. The fourth-order valence-corrected chi connectivity index (χ4v) is 4.59. The number of hydrogen-bond acceptors (Lipinski definition) is 4. The zero-order valence-electron chi connectivity index (χ0n) is 15.9. The summed E-state index contributed by atoms with van der Waals surface area (Å²) in [6.07, 6.45) is 7.94. The van der Waals surface area contributed by atoms with Gasteiger partial charge in [0, 0.05) is 53.7 Å². The van der Waals surface area contributed by atoms with Gasteiger partial charge >= 0.3 is 0 Å². The molecule has 1 fully saturated rings. The number of aromatic amines is 1. The first-order valence-electron chi connectivity index (χ1n) is 10.0. The molecule has 4 aromatic heterocycles. The van der Waals surface area contributed by atoms with Crippen LogP contribution in [0.1, 0.15) is 29.8 Å². The highest BCUT2D eigenvalue weighted by atomic mass is 15.3. The second-order valence-electron chi connectivity index (χ2n) is 7.88. The Bertz CT molecular complexity index is 1270. The zero-order chi connectivity index (χ0) is 19.3. The van der Waals surface area contributed by atoms with Gasteiger partial charge in [-0.2, -0.15) is 5.10 Å². The molecule has 4 aromatic rings. The highest BCUT2D eigenvalue weighted by Crippen LogP contribution is 2.41. The number of hydrogen-bond donors (Lipinski definition) is 2. The van der Waals surface area contributed by atoms with Gasteiger partial charge in [0.15, 0.2) is 0 Å². The molecular formula is C23H20N6. The van der Waals surface area contributed by atoms with E-state index in [0.717, 1.165) is 53.2 Å². The fraction of sp³-hybridized carbons (Fsp3) is 0.261. The van der Waals surface area contributed by atoms with Crippen molar-refractivity contribution in [3.05, 3.63) is 65.9 Å². The summed E-state index contributed by atoms with van der Waals surface area (Å²) in [5.74, 6) is 6.35. The molecule has 29 heavy (non-hydrogen) atoms. The summed E-state index contributed by atoms with van der Waals surface area (Å²) in [7, 11) is 0. The largest absolute Gasteiger partial charge is 0.345 e. The lowest BCUT2D eigenvalue weighted by Crippen LogP contribution is -2.25. The van der Waals surface area contributed by atoms with E-state index in [0.29, 0.717) is 0 Å². The molecule has 142 valence electrons. The number of H-pyrrole nitrogens is 1. The number of rotatable bonds is 1. The number of nitrogens with one attached hydrogen (secondary N) is 2. The zero-order valence-corrected chi connectivity index (χ0v) is 15.9. The minimum Gasteiger partial charge on any atom is -0.345 e. The number of nitrogens with zero attached hydrogens (tertiary/aromatic N) is 4. The van der Waals surface area contributed by atoms with E-state index in [1.807, 2.05) is 30.6 Å². The highest BCUT2D eigenvalue weighted by Gasteiger charge is 2.42. The van der Waals surface area contributed by atoms with Gasteiger partial charge < -0.3 is 10.3 Å². The van der Waals surface area contributed by atoms with Crippen molar-refractivity contribution in [2.75, 3.05) is 13.1 Å². The van der Waals surface area contributed by atoms with Crippen LogP contribution in [-0.4, -0.2) is 37.8 Å². The number of aryl methyl sites for hydroxylation is 1. The second-order valence-corrected chi connectivity index (χ2v) is 7.88. The summed E-state index contributed by atoms with van der Waals surface area (Å²) in [6, 6.07) is 10.1. The molecule has 0 aliphatic carbocycles. The maximum absolute atomic E-state index is 4.89. The van der Waals surface area contributed by atoms with Gasteiger partial charge in [-0.25, -0.2) is 9.97 Å². The van der Waals surface area contributed by atoms with Gasteiger partial charge in [0.2, 0.25) is 0 Å². The van der Waals surface area contributed by atoms with Crippen LogP contribution in [0.25, 0.3) is 22.3 Å². The molecule has 2 aliphatic heterocycles. The van der Waals surface area contributed by atoms with Crippen molar-refractivity contribution >= 4 is 11.0 Å². The number of aromatic nitrogens is 5. The average molecular weight is 380 g/mol. The SMILES string of the molecule is C(#Cc1c[nH]c2ncc(-c3cc4n(n3)CCC43CCNC3)cc12)c1ccccn1. The van der Waals surface area contributed by atoms with E-state index < -0.39 is 0 Å². The van der Waals surface area contributed by atoms with Crippen molar-refractivity contribution in [2.24, 2.45) is 0 Å². The summed E-state index contributed by atoms with van der Waals surface area (Å²) < 4.78 is 2.19. The molecular weight excluding hydrogens is 360 g/mol. The third-order valence-electron chi connectivity index (χ3n) is 6.19. The van der Waals surface area contributed by atoms with Gasteiger partial charge in [0.25, 0.3) is 0 Å². The van der Waals surface area contributed by atoms with Crippen LogP contribution in [-0.2, 0) is 12.0 Å². The van der Waals surface area contributed by atoms with Crippen molar-refractivity contribution in [2.45, 2.75) is 24.8 Å². The lowest BCUT2D eigenvalue weighted by Gasteiger charge is -2.20. The Kier molecular flexibility index (Phi) is 3.58.